The third-order valence-electron chi connectivity index (χ3n) is 7.07. The largest absolute Gasteiger partial charge is 0.417 e. The standard InChI is InChI=1S/C25H27F8N5O3S/c1-12-8-23(26,27)11-38(12)20(40)16-17(42-19(36-16)18(39)35-10-21(2,3)41)13-9-34-15(7-14(13)24(28,29)30)37-22(5-4-6-22)25(31,32)33/h7,9,12,41H,4-6,8,10-11H2,1-3H3,(H,34,37)(H,35,39)/t12-/m0/s1. The molecule has 1 aliphatic carbocycles. The zero-order valence-corrected chi connectivity index (χ0v) is 23.3. The fraction of sp³-hybridized carbons (Fsp3) is 0.600. The predicted octanol–water partition coefficient (Wildman–Crippen LogP) is 5.49. The fourth-order valence-electron chi connectivity index (χ4n) is 4.73. The number of carbonyl (C=O) groups is 2. The molecule has 2 aliphatic rings. The third kappa shape index (κ3) is 6.45. The Kier molecular flexibility index (Phi) is 8.02. The van der Waals surface area contributed by atoms with Crippen LogP contribution < -0.4 is 10.6 Å². The number of aliphatic hydroxyl groups is 1. The van der Waals surface area contributed by atoms with Gasteiger partial charge in [0, 0.05) is 30.8 Å². The Hall–Kier alpha value is -3.08. The summed E-state index contributed by atoms with van der Waals surface area (Å²) in [5, 5.41) is 13.8. The van der Waals surface area contributed by atoms with E-state index in [4.69, 9.17) is 0 Å². The summed E-state index contributed by atoms with van der Waals surface area (Å²) < 4.78 is 112. The van der Waals surface area contributed by atoms with Crippen LogP contribution in [0.5, 0.6) is 0 Å². The highest BCUT2D eigenvalue weighted by Crippen LogP contribution is 2.48. The topological polar surface area (TPSA) is 107 Å². The first-order chi connectivity index (χ1) is 19.1. The van der Waals surface area contributed by atoms with E-state index in [1.54, 1.807) is 0 Å². The molecule has 1 atom stereocenters. The summed E-state index contributed by atoms with van der Waals surface area (Å²) in [6, 6.07) is -0.641. The molecule has 8 nitrogen and oxygen atoms in total. The lowest BCUT2D eigenvalue weighted by Gasteiger charge is -2.44. The molecule has 3 N–H and O–H groups in total. The third-order valence-corrected chi connectivity index (χ3v) is 8.15. The zero-order valence-electron chi connectivity index (χ0n) is 22.5. The molecule has 0 unspecified atom stereocenters. The van der Waals surface area contributed by atoms with Crippen molar-refractivity contribution in [3.63, 3.8) is 0 Å². The molecule has 0 aromatic carbocycles. The molecule has 0 radical (unpaired) electrons. The molecular formula is C25H27F8N5O3S. The lowest BCUT2D eigenvalue weighted by Crippen LogP contribution is -2.57. The zero-order chi connectivity index (χ0) is 31.5. The van der Waals surface area contributed by atoms with Gasteiger partial charge in [-0.2, -0.15) is 26.3 Å². The smallest absolute Gasteiger partial charge is 0.389 e. The minimum absolute atomic E-state index is 0.204. The number of amides is 2. The first-order valence-corrected chi connectivity index (χ1v) is 13.6. The summed E-state index contributed by atoms with van der Waals surface area (Å²) in [4.78, 5) is 34.0. The molecule has 2 aromatic heterocycles. The van der Waals surface area contributed by atoms with Gasteiger partial charge in [0.2, 0.25) is 0 Å². The van der Waals surface area contributed by atoms with E-state index in [9.17, 15) is 49.8 Å². The predicted molar refractivity (Wildman–Crippen MR) is 135 cm³/mol. The Morgan fingerprint density at radius 2 is 1.81 bits per heavy atom. The van der Waals surface area contributed by atoms with Crippen LogP contribution in [0.15, 0.2) is 12.3 Å². The molecule has 232 valence electrons. The minimum Gasteiger partial charge on any atom is -0.389 e. The van der Waals surface area contributed by atoms with Gasteiger partial charge in [0.15, 0.2) is 5.01 Å². The van der Waals surface area contributed by atoms with E-state index < -0.39 is 92.8 Å². The monoisotopic (exact) mass is 629 g/mol. The second kappa shape index (κ2) is 10.6. The van der Waals surface area contributed by atoms with Crippen molar-refractivity contribution < 1.29 is 49.8 Å². The second-order valence-corrected chi connectivity index (χ2v) is 12.2. The summed E-state index contributed by atoms with van der Waals surface area (Å²) in [5.41, 5.74) is -6.80. The molecular weight excluding hydrogens is 602 g/mol. The summed E-state index contributed by atoms with van der Waals surface area (Å²) in [5.74, 6) is -6.09. The van der Waals surface area contributed by atoms with Crippen LogP contribution in [0.2, 0.25) is 0 Å². The molecule has 0 spiro atoms. The van der Waals surface area contributed by atoms with Crippen molar-refractivity contribution in [2.24, 2.45) is 0 Å². The Labute approximate surface area is 238 Å². The summed E-state index contributed by atoms with van der Waals surface area (Å²) >= 11 is 0.349. The number of hydrogen-bond donors (Lipinski definition) is 3. The number of nitrogens with zero attached hydrogens (tertiary/aromatic N) is 3. The van der Waals surface area contributed by atoms with Gasteiger partial charge >= 0.3 is 12.4 Å². The maximum absolute atomic E-state index is 14.3. The van der Waals surface area contributed by atoms with E-state index >= 15 is 0 Å². The Morgan fingerprint density at radius 3 is 2.29 bits per heavy atom. The molecule has 4 rings (SSSR count). The van der Waals surface area contributed by atoms with Crippen molar-refractivity contribution in [2.45, 2.75) is 81.9 Å². The van der Waals surface area contributed by atoms with Gasteiger partial charge in [0.05, 0.1) is 22.6 Å². The molecule has 1 saturated carbocycles. The number of rotatable bonds is 7. The van der Waals surface area contributed by atoms with E-state index in [1.807, 2.05) is 0 Å². The fourth-order valence-corrected chi connectivity index (χ4v) is 5.73. The van der Waals surface area contributed by atoms with Crippen molar-refractivity contribution >= 4 is 29.0 Å². The van der Waals surface area contributed by atoms with Gasteiger partial charge in [-0.1, -0.05) is 0 Å². The lowest BCUT2D eigenvalue weighted by atomic mass is 9.76. The van der Waals surface area contributed by atoms with Crippen LogP contribution >= 0.6 is 11.3 Å². The lowest BCUT2D eigenvalue weighted by molar-refractivity contribution is -0.198. The van der Waals surface area contributed by atoms with Crippen molar-refractivity contribution in [2.75, 3.05) is 18.4 Å². The number of anilines is 1. The normalized spacial score (nSPS) is 20.3. The molecule has 17 heteroatoms. The molecule has 1 aliphatic heterocycles. The quantitative estimate of drug-likeness (QED) is 0.350. The number of thiazole rings is 1. The van der Waals surface area contributed by atoms with Crippen LogP contribution in [0.25, 0.3) is 10.4 Å². The Bertz CT molecular complexity index is 1370. The molecule has 1 saturated heterocycles. The van der Waals surface area contributed by atoms with Crippen LogP contribution in [0.1, 0.15) is 72.3 Å². The van der Waals surface area contributed by atoms with Gasteiger partial charge in [-0.3, -0.25) is 9.59 Å². The average molecular weight is 630 g/mol. The van der Waals surface area contributed by atoms with Crippen LogP contribution in [-0.2, 0) is 6.18 Å². The van der Waals surface area contributed by atoms with Crippen molar-refractivity contribution in [1.82, 2.24) is 20.2 Å². The summed E-state index contributed by atoms with van der Waals surface area (Å²) in [7, 11) is 0. The highest BCUT2D eigenvalue weighted by Gasteiger charge is 2.58. The van der Waals surface area contributed by atoms with E-state index in [1.165, 1.54) is 20.8 Å². The van der Waals surface area contributed by atoms with Gasteiger partial charge in [0.1, 0.15) is 17.1 Å². The van der Waals surface area contributed by atoms with Crippen LogP contribution in [0.3, 0.4) is 0 Å². The highest BCUT2D eigenvalue weighted by atomic mass is 32.1. The molecule has 2 fully saturated rings. The number of pyridine rings is 1. The van der Waals surface area contributed by atoms with Gasteiger partial charge in [-0.15, -0.1) is 11.3 Å². The molecule has 0 bridgehead atoms. The Morgan fingerprint density at radius 1 is 1.17 bits per heavy atom. The van der Waals surface area contributed by atoms with E-state index in [0.717, 1.165) is 4.90 Å². The van der Waals surface area contributed by atoms with Gasteiger partial charge in [-0.05, 0) is 46.1 Å². The van der Waals surface area contributed by atoms with E-state index in [0.29, 0.717) is 23.6 Å². The molecule has 2 amide bonds. The van der Waals surface area contributed by atoms with Gasteiger partial charge in [0.25, 0.3) is 17.7 Å². The van der Waals surface area contributed by atoms with Crippen molar-refractivity contribution in [3.05, 3.63) is 28.5 Å². The summed E-state index contributed by atoms with van der Waals surface area (Å²) in [6.45, 7) is 2.73. The number of likely N-dealkylation sites (tertiary alicyclic amines) is 1. The number of alkyl halides is 8. The highest BCUT2D eigenvalue weighted by molar-refractivity contribution is 7.17. The van der Waals surface area contributed by atoms with E-state index in [-0.39, 0.29) is 25.8 Å². The van der Waals surface area contributed by atoms with Crippen LogP contribution in [0, 0.1) is 0 Å². The number of nitrogens with one attached hydrogen (secondary N) is 2. The maximum atomic E-state index is 14.3. The first kappa shape index (κ1) is 31.8. The molecule has 2 aromatic rings. The molecule has 3 heterocycles. The molecule has 42 heavy (non-hydrogen) atoms. The number of aromatic nitrogens is 2. The number of hydrogen-bond acceptors (Lipinski definition) is 7. The maximum Gasteiger partial charge on any atom is 0.417 e. The van der Waals surface area contributed by atoms with Gasteiger partial charge < -0.3 is 20.6 Å². The van der Waals surface area contributed by atoms with Crippen molar-refractivity contribution in [3.8, 4) is 10.4 Å². The first-order valence-electron chi connectivity index (χ1n) is 12.8. The number of carbonyl (C=O) groups excluding carboxylic acids is 2. The minimum atomic E-state index is -5.17. The van der Waals surface area contributed by atoms with Crippen LogP contribution in [-0.4, -0.2) is 74.2 Å². The Balaban J connectivity index is 1.81. The van der Waals surface area contributed by atoms with Gasteiger partial charge in [-0.25, -0.2) is 18.7 Å². The van der Waals surface area contributed by atoms with E-state index in [2.05, 4.69) is 20.6 Å². The SMILES string of the molecule is C[C@H]1CC(F)(F)CN1C(=O)c1nc(C(=O)NCC(C)(C)O)sc1-c1cnc(NC2(C(F)(F)F)CCC2)cc1C(F)(F)F. The second-order valence-electron chi connectivity index (χ2n) is 11.2. The summed E-state index contributed by atoms with van der Waals surface area (Å²) in [6.07, 6.45) is -10.5. The number of halogens is 8. The van der Waals surface area contributed by atoms with Crippen molar-refractivity contribution in [1.29, 1.82) is 0 Å². The van der Waals surface area contributed by atoms with Crippen LogP contribution in [0.4, 0.5) is 40.9 Å². The average Bonchev–Trinajstić information content (AvgIpc) is 3.37.